The minimum absolute atomic E-state index is 0.165. The molecule has 0 aliphatic heterocycles. The highest BCUT2D eigenvalue weighted by atomic mass is 35.5. The molecule has 3 aromatic rings. The monoisotopic (exact) mass is 576 g/mol. The molecule has 0 radical (unpaired) electrons. The molecule has 0 fully saturated rings. The number of hydrogen-bond donors (Lipinski definition) is 2. The number of rotatable bonds is 16. The molecule has 1 aromatic heterocycles. The summed E-state index contributed by atoms with van der Waals surface area (Å²) in [5.74, 6) is -0.179. The van der Waals surface area contributed by atoms with Crippen LogP contribution in [-0.2, 0) is 18.6 Å². The molecule has 9 nitrogen and oxygen atoms in total. The second-order valence-electron chi connectivity index (χ2n) is 9.25. The van der Waals surface area contributed by atoms with Gasteiger partial charge in [0.1, 0.15) is 11.8 Å². The van der Waals surface area contributed by atoms with E-state index in [2.05, 4.69) is 34.1 Å². The summed E-state index contributed by atoms with van der Waals surface area (Å²) in [5.41, 5.74) is 1.90. The number of hydrogen-bond acceptors (Lipinski definition) is 8. The third kappa shape index (κ3) is 9.78. The molecule has 0 saturated heterocycles. The number of carbonyl (C=O) groups excluding carboxylic acids is 1. The number of likely N-dealkylation sites (N-methyl/N-ethyl adjacent to an activating group) is 1. The van der Waals surface area contributed by atoms with E-state index >= 15 is 0 Å². The Labute approximate surface area is 235 Å². The van der Waals surface area contributed by atoms with E-state index in [-0.39, 0.29) is 12.6 Å². The summed E-state index contributed by atoms with van der Waals surface area (Å²) >= 11 is 6.11. The van der Waals surface area contributed by atoms with Crippen molar-refractivity contribution >= 4 is 41.9 Å². The molecule has 0 aliphatic carbocycles. The third-order valence-corrected chi connectivity index (χ3v) is 8.12. The van der Waals surface area contributed by atoms with Crippen molar-refractivity contribution in [2.75, 3.05) is 38.7 Å². The number of para-hydroxylation sites is 1. The van der Waals surface area contributed by atoms with Gasteiger partial charge in [0, 0.05) is 34.9 Å². The quantitative estimate of drug-likeness (QED) is 0.154. The van der Waals surface area contributed by atoms with Crippen LogP contribution in [0.2, 0.25) is 5.02 Å². The van der Waals surface area contributed by atoms with Crippen molar-refractivity contribution in [3.05, 3.63) is 65.8 Å². The van der Waals surface area contributed by atoms with Gasteiger partial charge in [-0.2, -0.15) is 5.09 Å². The van der Waals surface area contributed by atoms with E-state index in [9.17, 15) is 9.36 Å². The molecule has 3 rings (SSSR count). The van der Waals surface area contributed by atoms with Gasteiger partial charge in [0.15, 0.2) is 0 Å². The molecule has 11 heteroatoms. The first-order valence-electron chi connectivity index (χ1n) is 13.1. The van der Waals surface area contributed by atoms with E-state index < -0.39 is 19.8 Å². The van der Waals surface area contributed by atoms with Gasteiger partial charge in [-0.1, -0.05) is 36.7 Å². The fourth-order valence-electron chi connectivity index (χ4n) is 4.10. The normalized spacial score (nSPS) is 14.5. The Hall–Kier alpha value is -2.68. The third-order valence-electron chi connectivity index (χ3n) is 6.21. The number of fused-ring (bicyclic) bond motifs is 1. The molecule has 2 N–H and O–H groups in total. The molecule has 0 aliphatic rings. The number of nitrogens with zero attached hydrogens (tertiary/aromatic N) is 2. The van der Waals surface area contributed by atoms with Crippen molar-refractivity contribution in [1.82, 2.24) is 15.0 Å². The number of halogens is 1. The van der Waals surface area contributed by atoms with Gasteiger partial charge < -0.3 is 19.5 Å². The highest BCUT2D eigenvalue weighted by Crippen LogP contribution is 2.44. The summed E-state index contributed by atoms with van der Waals surface area (Å²) in [6.07, 6.45) is 3.71. The van der Waals surface area contributed by atoms with Gasteiger partial charge in [-0.25, -0.2) is 4.57 Å². The van der Waals surface area contributed by atoms with Gasteiger partial charge in [-0.05, 0) is 76.2 Å². The van der Waals surface area contributed by atoms with Crippen LogP contribution in [0.25, 0.3) is 10.9 Å². The van der Waals surface area contributed by atoms with Crippen LogP contribution < -0.4 is 14.9 Å². The van der Waals surface area contributed by atoms with Gasteiger partial charge in [0.2, 0.25) is 0 Å². The lowest BCUT2D eigenvalue weighted by atomic mass is 10.1. The van der Waals surface area contributed by atoms with Crippen molar-refractivity contribution in [3.63, 3.8) is 0 Å². The summed E-state index contributed by atoms with van der Waals surface area (Å²) in [5, 5.41) is 7.98. The summed E-state index contributed by atoms with van der Waals surface area (Å²) in [4.78, 5) is 18.5. The Morgan fingerprint density at radius 3 is 2.62 bits per heavy atom. The number of nitrogens with one attached hydrogen (secondary N) is 2. The van der Waals surface area contributed by atoms with Gasteiger partial charge in [-0.15, -0.1) is 0 Å². The van der Waals surface area contributed by atoms with Crippen molar-refractivity contribution < 1.29 is 23.1 Å². The molecule has 1 heterocycles. The number of ether oxygens (including phenoxy) is 1. The molecule has 3 atom stereocenters. The molecule has 0 amide bonds. The van der Waals surface area contributed by atoms with Gasteiger partial charge >= 0.3 is 13.7 Å². The maximum absolute atomic E-state index is 13.5. The van der Waals surface area contributed by atoms with Crippen LogP contribution in [0.3, 0.4) is 0 Å². The number of carbonyl (C=O) groups is 1. The number of esters is 1. The molecule has 0 unspecified atom stereocenters. The molecule has 2 aromatic carbocycles. The average molecular weight is 577 g/mol. The fraction of sp³-hybridized carbons (Fsp3) is 0.429. The van der Waals surface area contributed by atoms with E-state index in [1.807, 2.05) is 30.3 Å². The fourth-order valence-corrected chi connectivity index (χ4v) is 5.75. The highest BCUT2D eigenvalue weighted by Gasteiger charge is 2.32. The van der Waals surface area contributed by atoms with Crippen LogP contribution in [-0.4, -0.2) is 61.3 Å². The first-order chi connectivity index (χ1) is 18.7. The van der Waals surface area contributed by atoms with Crippen LogP contribution in [0, 0.1) is 0 Å². The van der Waals surface area contributed by atoms with E-state index in [0.29, 0.717) is 17.3 Å². The van der Waals surface area contributed by atoms with E-state index in [1.165, 1.54) is 7.11 Å². The Morgan fingerprint density at radius 1 is 1.13 bits per heavy atom. The van der Waals surface area contributed by atoms with E-state index in [0.717, 1.165) is 42.5 Å². The zero-order valence-corrected chi connectivity index (χ0v) is 24.6. The van der Waals surface area contributed by atoms with Crippen LogP contribution in [0.5, 0.6) is 5.75 Å². The second-order valence-corrected chi connectivity index (χ2v) is 11.4. The summed E-state index contributed by atoms with van der Waals surface area (Å²) in [7, 11) is -2.56. The predicted octanol–water partition coefficient (Wildman–Crippen LogP) is 6.15. The first-order valence-corrected chi connectivity index (χ1v) is 15.0. The molecule has 39 heavy (non-hydrogen) atoms. The van der Waals surface area contributed by atoms with Crippen LogP contribution >= 0.6 is 19.3 Å². The Bertz CT molecular complexity index is 1250. The topological polar surface area (TPSA) is 102 Å². The highest BCUT2D eigenvalue weighted by molar-refractivity contribution is 7.52. The second kappa shape index (κ2) is 15.2. The number of benzene rings is 2. The van der Waals surface area contributed by atoms with Crippen LogP contribution in [0.4, 0.5) is 5.69 Å². The van der Waals surface area contributed by atoms with Crippen molar-refractivity contribution in [2.24, 2.45) is 0 Å². The maximum Gasteiger partial charge on any atom is 0.459 e. The summed E-state index contributed by atoms with van der Waals surface area (Å²) in [6, 6.07) is 15.8. The lowest BCUT2D eigenvalue weighted by Gasteiger charge is -2.25. The van der Waals surface area contributed by atoms with Crippen LogP contribution in [0.1, 0.15) is 33.6 Å². The van der Waals surface area contributed by atoms with Crippen molar-refractivity contribution in [2.45, 2.75) is 45.7 Å². The zero-order valence-electron chi connectivity index (χ0n) is 22.9. The maximum atomic E-state index is 13.5. The summed E-state index contributed by atoms with van der Waals surface area (Å²) in [6.45, 7) is 8.18. The zero-order chi connectivity index (χ0) is 28.3. The molecule has 0 bridgehead atoms. The van der Waals surface area contributed by atoms with Crippen LogP contribution in [0.15, 0.2) is 60.8 Å². The van der Waals surface area contributed by atoms with Gasteiger partial charge in [-0.3, -0.25) is 14.3 Å². The largest absolute Gasteiger partial charge is 0.468 e. The minimum atomic E-state index is -3.84. The first kappa shape index (κ1) is 30.9. The average Bonchev–Trinajstić information content (AvgIpc) is 2.92. The number of anilines is 1. The van der Waals surface area contributed by atoms with Gasteiger partial charge in [0.25, 0.3) is 0 Å². The number of pyridine rings is 1. The van der Waals surface area contributed by atoms with E-state index in [1.54, 1.807) is 37.4 Å². The Morgan fingerprint density at radius 2 is 1.90 bits per heavy atom. The Kier molecular flexibility index (Phi) is 12.0. The molecular weight excluding hydrogens is 539 g/mol. The Balaban J connectivity index is 1.49. The molecular formula is C28H38ClN4O5P. The lowest BCUT2D eigenvalue weighted by molar-refractivity contribution is -0.142. The number of methoxy groups -OCH3 is 1. The van der Waals surface area contributed by atoms with Crippen molar-refractivity contribution in [3.8, 4) is 5.75 Å². The predicted molar refractivity (Wildman–Crippen MR) is 156 cm³/mol. The summed E-state index contributed by atoms with van der Waals surface area (Å²) < 4.78 is 29.6. The van der Waals surface area contributed by atoms with E-state index in [4.69, 9.17) is 25.4 Å². The molecule has 212 valence electrons. The molecule has 0 spiro atoms. The van der Waals surface area contributed by atoms with Gasteiger partial charge in [0.05, 0.1) is 19.2 Å². The molecule has 0 saturated carbocycles. The minimum Gasteiger partial charge on any atom is -0.468 e. The number of aromatic nitrogens is 1. The standard InChI is InChI=1S/C28H38ClN4O5P/c1-5-33(17-9-10-21(2)31-26-15-16-30-27-20-23(29)13-14-25(26)27)18-19-37-39(35,32-22(3)28(34)36-4)38-24-11-7-6-8-12-24/h6-8,11-16,20-22H,5,9-10,17-19H2,1-4H3,(H,30,31)(H,32,35)/t21-,22+,39+/m1/s1. The van der Waals surface area contributed by atoms with Crippen molar-refractivity contribution in [1.29, 1.82) is 0 Å². The smallest absolute Gasteiger partial charge is 0.459 e. The SMILES string of the molecule is CCN(CCC[C@@H](C)Nc1ccnc2cc(Cl)ccc12)CCO[P@@](=O)(N[C@@H](C)C(=O)OC)Oc1ccccc1. The lowest BCUT2D eigenvalue weighted by Crippen LogP contribution is -2.35.